The Kier molecular flexibility index (Phi) is 5.69. The van der Waals surface area contributed by atoms with E-state index in [2.05, 4.69) is 0 Å². The molecule has 0 aromatic heterocycles. The Morgan fingerprint density at radius 2 is 2.05 bits per heavy atom. The molecular weight excluding hydrogens is 276 g/mol. The van der Waals surface area contributed by atoms with Gasteiger partial charge in [0.05, 0.1) is 23.0 Å². The lowest BCUT2D eigenvalue weighted by Crippen LogP contribution is -2.34. The number of hydrogen-bond acceptors (Lipinski definition) is 4. The quantitative estimate of drug-likeness (QED) is 0.869. The molecule has 0 spiro atoms. The first-order valence-electron chi connectivity index (χ1n) is 6.50. The molecule has 0 aliphatic rings. The van der Waals surface area contributed by atoms with E-state index in [1.165, 1.54) is 16.4 Å². The average Bonchev–Trinajstić information content (AvgIpc) is 2.44. The van der Waals surface area contributed by atoms with E-state index in [4.69, 9.17) is 5.26 Å². The Hall–Kier alpha value is -1.42. The van der Waals surface area contributed by atoms with Crippen LogP contribution in [0.15, 0.2) is 29.2 Å². The second kappa shape index (κ2) is 6.84. The molecule has 0 saturated carbocycles. The molecule has 1 aromatic rings. The summed E-state index contributed by atoms with van der Waals surface area (Å²) >= 11 is 0. The van der Waals surface area contributed by atoms with Crippen LogP contribution in [0.5, 0.6) is 0 Å². The first kappa shape index (κ1) is 16.6. The lowest BCUT2D eigenvalue weighted by Gasteiger charge is -2.22. The number of sulfonamides is 1. The van der Waals surface area contributed by atoms with Gasteiger partial charge in [0.2, 0.25) is 10.0 Å². The zero-order valence-electron chi connectivity index (χ0n) is 11.9. The molecule has 1 rings (SSSR count). The van der Waals surface area contributed by atoms with Gasteiger partial charge in [0, 0.05) is 13.1 Å². The van der Waals surface area contributed by atoms with Crippen molar-refractivity contribution in [2.45, 2.75) is 31.8 Å². The number of nitriles is 1. The summed E-state index contributed by atoms with van der Waals surface area (Å²) in [5.74, 6) is -0.371. The summed E-state index contributed by atoms with van der Waals surface area (Å²) in [4.78, 5) is 0.142. The van der Waals surface area contributed by atoms with Crippen LogP contribution in [0.4, 0.5) is 0 Å². The van der Waals surface area contributed by atoms with Crippen molar-refractivity contribution in [2.75, 3.05) is 13.1 Å². The molecule has 0 amide bonds. The van der Waals surface area contributed by atoms with Gasteiger partial charge in [-0.1, -0.05) is 19.1 Å². The fourth-order valence-corrected chi connectivity index (χ4v) is 3.42. The van der Waals surface area contributed by atoms with Gasteiger partial charge in [-0.25, -0.2) is 8.42 Å². The van der Waals surface area contributed by atoms with E-state index >= 15 is 0 Å². The summed E-state index contributed by atoms with van der Waals surface area (Å²) < 4.78 is 26.3. The van der Waals surface area contributed by atoms with E-state index in [0.29, 0.717) is 12.1 Å². The molecule has 110 valence electrons. The molecule has 20 heavy (non-hydrogen) atoms. The molecule has 0 aliphatic heterocycles. The molecule has 0 saturated heterocycles. The highest BCUT2D eigenvalue weighted by molar-refractivity contribution is 7.89. The second-order valence-electron chi connectivity index (χ2n) is 4.73. The van der Waals surface area contributed by atoms with Gasteiger partial charge in [-0.05, 0) is 31.5 Å². The Morgan fingerprint density at radius 1 is 1.40 bits per heavy atom. The van der Waals surface area contributed by atoms with Crippen molar-refractivity contribution < 1.29 is 13.5 Å². The van der Waals surface area contributed by atoms with Crippen LogP contribution in [0.3, 0.4) is 0 Å². The number of benzene rings is 1. The maximum absolute atomic E-state index is 12.5. The lowest BCUT2D eigenvalue weighted by atomic mass is 10.1. The van der Waals surface area contributed by atoms with Crippen molar-refractivity contribution in [1.82, 2.24) is 4.31 Å². The number of hydrogen-bond donors (Lipinski definition) is 1. The zero-order valence-corrected chi connectivity index (χ0v) is 12.8. The summed E-state index contributed by atoms with van der Waals surface area (Å²) in [5, 5.41) is 18.4. The normalized spacial score (nSPS) is 14.8. The van der Waals surface area contributed by atoms with Crippen LogP contribution < -0.4 is 0 Å². The molecule has 0 heterocycles. The SMILES string of the molecule is CCN(CC(C)C#N)S(=O)(=O)c1cccc(C(C)O)c1. The number of rotatable bonds is 6. The highest BCUT2D eigenvalue weighted by atomic mass is 32.2. The van der Waals surface area contributed by atoms with Crippen molar-refractivity contribution in [3.63, 3.8) is 0 Å². The molecule has 2 unspecified atom stereocenters. The molecule has 0 fully saturated rings. The Bertz CT molecular complexity index is 591. The highest BCUT2D eigenvalue weighted by Gasteiger charge is 2.25. The summed E-state index contributed by atoms with van der Waals surface area (Å²) in [5.41, 5.74) is 0.551. The largest absolute Gasteiger partial charge is 0.389 e. The smallest absolute Gasteiger partial charge is 0.243 e. The first-order chi connectivity index (χ1) is 9.32. The summed E-state index contributed by atoms with van der Waals surface area (Å²) in [6, 6.07) is 8.30. The molecule has 0 bridgehead atoms. The van der Waals surface area contributed by atoms with Crippen LogP contribution in [0.2, 0.25) is 0 Å². The molecule has 0 aliphatic carbocycles. The Morgan fingerprint density at radius 3 is 2.55 bits per heavy atom. The van der Waals surface area contributed by atoms with Crippen molar-refractivity contribution >= 4 is 10.0 Å². The fourth-order valence-electron chi connectivity index (χ4n) is 1.83. The average molecular weight is 296 g/mol. The van der Waals surface area contributed by atoms with Gasteiger partial charge in [0.25, 0.3) is 0 Å². The summed E-state index contributed by atoms with van der Waals surface area (Å²) in [6.45, 7) is 5.47. The van der Waals surface area contributed by atoms with Gasteiger partial charge < -0.3 is 5.11 Å². The van der Waals surface area contributed by atoms with E-state index in [0.717, 1.165) is 0 Å². The number of aliphatic hydroxyl groups is 1. The minimum atomic E-state index is -3.64. The molecule has 1 N–H and O–H groups in total. The van der Waals surface area contributed by atoms with E-state index < -0.39 is 16.1 Å². The van der Waals surface area contributed by atoms with Crippen LogP contribution in [-0.2, 0) is 10.0 Å². The van der Waals surface area contributed by atoms with Crippen molar-refractivity contribution in [2.24, 2.45) is 5.92 Å². The van der Waals surface area contributed by atoms with Gasteiger partial charge in [-0.2, -0.15) is 9.57 Å². The van der Waals surface area contributed by atoms with Crippen LogP contribution in [0.25, 0.3) is 0 Å². The minimum Gasteiger partial charge on any atom is -0.389 e. The Labute approximate surface area is 120 Å². The predicted octanol–water partition coefficient (Wildman–Crippen LogP) is 1.91. The topological polar surface area (TPSA) is 81.4 Å². The maximum Gasteiger partial charge on any atom is 0.243 e. The number of aliphatic hydroxyl groups excluding tert-OH is 1. The Balaban J connectivity index is 3.14. The van der Waals surface area contributed by atoms with E-state index in [1.54, 1.807) is 32.9 Å². The van der Waals surface area contributed by atoms with Gasteiger partial charge in [0.1, 0.15) is 0 Å². The van der Waals surface area contributed by atoms with Gasteiger partial charge in [-0.3, -0.25) is 0 Å². The van der Waals surface area contributed by atoms with E-state index in [1.807, 2.05) is 6.07 Å². The summed E-state index contributed by atoms with van der Waals surface area (Å²) in [6.07, 6.45) is -0.724. The van der Waals surface area contributed by atoms with Crippen LogP contribution in [0, 0.1) is 17.2 Å². The number of nitrogens with zero attached hydrogens (tertiary/aromatic N) is 2. The third-order valence-corrected chi connectivity index (χ3v) is 4.97. The highest BCUT2D eigenvalue weighted by Crippen LogP contribution is 2.21. The van der Waals surface area contributed by atoms with Crippen molar-refractivity contribution in [3.05, 3.63) is 29.8 Å². The van der Waals surface area contributed by atoms with Gasteiger partial charge >= 0.3 is 0 Å². The lowest BCUT2D eigenvalue weighted by molar-refractivity contribution is 0.199. The van der Waals surface area contributed by atoms with Crippen LogP contribution in [0.1, 0.15) is 32.4 Å². The van der Waals surface area contributed by atoms with Gasteiger partial charge in [0.15, 0.2) is 0 Å². The van der Waals surface area contributed by atoms with Gasteiger partial charge in [-0.15, -0.1) is 0 Å². The first-order valence-corrected chi connectivity index (χ1v) is 7.94. The molecule has 0 radical (unpaired) electrons. The standard InChI is InChI=1S/C14H20N2O3S/c1-4-16(10-11(2)9-15)20(18,19)14-7-5-6-13(8-14)12(3)17/h5-8,11-12,17H,4,10H2,1-3H3. The van der Waals surface area contributed by atoms with Crippen molar-refractivity contribution in [1.29, 1.82) is 5.26 Å². The molecule has 5 nitrogen and oxygen atoms in total. The third-order valence-electron chi connectivity index (χ3n) is 3.03. The monoisotopic (exact) mass is 296 g/mol. The van der Waals surface area contributed by atoms with Crippen LogP contribution in [-0.4, -0.2) is 30.9 Å². The van der Waals surface area contributed by atoms with Crippen LogP contribution >= 0.6 is 0 Å². The molecule has 2 atom stereocenters. The molecule has 6 heteroatoms. The third kappa shape index (κ3) is 3.79. The maximum atomic E-state index is 12.5. The minimum absolute atomic E-state index is 0.142. The summed E-state index contributed by atoms with van der Waals surface area (Å²) in [7, 11) is -3.64. The zero-order chi connectivity index (χ0) is 15.3. The van der Waals surface area contributed by atoms with Crippen molar-refractivity contribution in [3.8, 4) is 6.07 Å². The predicted molar refractivity (Wildman–Crippen MR) is 76.3 cm³/mol. The second-order valence-corrected chi connectivity index (χ2v) is 6.67. The molecule has 1 aromatic carbocycles. The van der Waals surface area contributed by atoms with E-state index in [9.17, 15) is 13.5 Å². The molecular formula is C14H20N2O3S. The fraction of sp³-hybridized carbons (Fsp3) is 0.500. The van der Waals surface area contributed by atoms with E-state index in [-0.39, 0.29) is 17.4 Å².